The van der Waals surface area contributed by atoms with Crippen LogP contribution in [0, 0.1) is 0 Å². The van der Waals surface area contributed by atoms with Gasteiger partial charge in [-0.2, -0.15) is 0 Å². The Balaban J connectivity index is 3.45. The van der Waals surface area contributed by atoms with E-state index in [1.807, 2.05) is 4.90 Å². The Morgan fingerprint density at radius 2 is 0.750 bits per heavy atom. The van der Waals surface area contributed by atoms with Crippen LogP contribution in [0.3, 0.4) is 0 Å². The summed E-state index contributed by atoms with van der Waals surface area (Å²) in [6.07, 6.45) is 26.8. The zero-order valence-corrected chi connectivity index (χ0v) is 20.3. The van der Waals surface area contributed by atoms with Crippen LogP contribution in [-0.2, 0) is 0 Å². The van der Waals surface area contributed by atoms with Crippen LogP contribution in [0.5, 0.6) is 0 Å². The third kappa shape index (κ3) is 20.6. The fourth-order valence-electron chi connectivity index (χ4n) is 3.88. The van der Waals surface area contributed by atoms with Crippen LogP contribution in [0.25, 0.3) is 0 Å². The molecule has 0 rings (SSSR count). The number of rotatable bonds is 22. The Morgan fingerprint density at radius 1 is 0.500 bits per heavy atom. The lowest BCUT2D eigenvalue weighted by atomic mass is 10.1. The standard InChI is InChI=1S/C25H51NOS/c1-3-5-7-9-11-13-15-17-19-21-23-26(25(27)28)24-22-20-18-16-14-12-10-8-6-4-2/h3-24H2,1-2H3,(H,27,28). The molecule has 0 aromatic carbocycles. The van der Waals surface area contributed by atoms with Crippen molar-refractivity contribution in [3.8, 4) is 0 Å². The molecule has 0 radical (unpaired) electrons. The smallest absolute Gasteiger partial charge is 0.278 e. The number of amides is 1. The van der Waals surface area contributed by atoms with Gasteiger partial charge in [0, 0.05) is 13.1 Å². The van der Waals surface area contributed by atoms with Gasteiger partial charge in [0.1, 0.15) is 0 Å². The van der Waals surface area contributed by atoms with Crippen LogP contribution in [0.15, 0.2) is 0 Å². The summed E-state index contributed by atoms with van der Waals surface area (Å²) in [6, 6.07) is 0. The monoisotopic (exact) mass is 413 g/mol. The van der Waals surface area contributed by atoms with E-state index in [0.717, 1.165) is 25.9 Å². The number of hydrogen-bond acceptors (Lipinski definition) is 1. The molecule has 28 heavy (non-hydrogen) atoms. The Bertz CT molecular complexity index is 298. The zero-order chi connectivity index (χ0) is 20.7. The molecule has 0 saturated carbocycles. The van der Waals surface area contributed by atoms with E-state index in [2.05, 4.69) is 26.5 Å². The molecule has 0 heterocycles. The van der Waals surface area contributed by atoms with Crippen molar-refractivity contribution in [1.29, 1.82) is 0 Å². The molecule has 0 unspecified atom stereocenters. The Morgan fingerprint density at radius 3 is 1.00 bits per heavy atom. The summed E-state index contributed by atoms with van der Waals surface area (Å²) in [7, 11) is 0. The second kappa shape index (κ2) is 23.1. The maximum Gasteiger partial charge on any atom is 0.278 e. The molecule has 0 spiro atoms. The van der Waals surface area contributed by atoms with Crippen molar-refractivity contribution in [2.45, 2.75) is 142 Å². The van der Waals surface area contributed by atoms with E-state index < -0.39 is 0 Å². The molecule has 0 aliphatic rings. The van der Waals surface area contributed by atoms with Crippen molar-refractivity contribution in [3.63, 3.8) is 0 Å². The van der Waals surface area contributed by atoms with E-state index in [9.17, 15) is 4.79 Å². The molecule has 0 aromatic heterocycles. The molecule has 168 valence electrons. The van der Waals surface area contributed by atoms with Crippen molar-refractivity contribution >= 4 is 17.9 Å². The van der Waals surface area contributed by atoms with Crippen molar-refractivity contribution in [3.05, 3.63) is 0 Å². The molecule has 0 aromatic rings. The zero-order valence-electron chi connectivity index (χ0n) is 19.4. The van der Waals surface area contributed by atoms with Crippen LogP contribution in [-0.4, -0.2) is 23.2 Å². The number of carbonyl (C=O) groups excluding carboxylic acids is 1. The molecule has 3 heteroatoms. The number of unbranched alkanes of at least 4 members (excludes halogenated alkanes) is 18. The van der Waals surface area contributed by atoms with Crippen LogP contribution in [0.2, 0.25) is 0 Å². The molecular weight excluding hydrogens is 362 g/mol. The predicted molar refractivity (Wildman–Crippen MR) is 130 cm³/mol. The molecule has 0 fully saturated rings. The number of nitrogens with zero attached hydrogens (tertiary/aromatic N) is 1. The van der Waals surface area contributed by atoms with Gasteiger partial charge in [0.05, 0.1) is 0 Å². The maximum atomic E-state index is 11.7. The summed E-state index contributed by atoms with van der Waals surface area (Å²) in [6.45, 7) is 6.34. The first-order chi connectivity index (χ1) is 13.7. The minimum Gasteiger partial charge on any atom is -0.334 e. The quantitative estimate of drug-likeness (QED) is 0.138. The SMILES string of the molecule is CCCCCCCCCCCCN(CCCCCCCCCCCC)C(=O)S. The van der Waals surface area contributed by atoms with Crippen LogP contribution in [0.4, 0.5) is 4.79 Å². The van der Waals surface area contributed by atoms with Crippen molar-refractivity contribution < 1.29 is 4.79 Å². The highest BCUT2D eigenvalue weighted by Gasteiger charge is 2.08. The summed E-state index contributed by atoms with van der Waals surface area (Å²) >= 11 is 4.08. The molecular formula is C25H51NOS. The van der Waals surface area contributed by atoms with Gasteiger partial charge >= 0.3 is 0 Å². The fraction of sp³-hybridized carbons (Fsp3) is 0.960. The largest absolute Gasteiger partial charge is 0.334 e. The molecule has 2 nitrogen and oxygen atoms in total. The second-order valence-electron chi connectivity index (χ2n) is 8.63. The van der Waals surface area contributed by atoms with Gasteiger partial charge in [-0.15, -0.1) is 0 Å². The summed E-state index contributed by atoms with van der Waals surface area (Å²) in [4.78, 5) is 13.7. The highest BCUT2D eigenvalue weighted by Crippen LogP contribution is 2.13. The second-order valence-corrected chi connectivity index (χ2v) is 9.02. The Kier molecular flexibility index (Phi) is 23.0. The highest BCUT2D eigenvalue weighted by atomic mass is 32.1. The third-order valence-electron chi connectivity index (χ3n) is 5.83. The van der Waals surface area contributed by atoms with Crippen LogP contribution >= 0.6 is 12.6 Å². The molecule has 0 saturated heterocycles. The summed E-state index contributed by atoms with van der Waals surface area (Å²) < 4.78 is 0. The normalized spacial score (nSPS) is 11.1. The van der Waals surface area contributed by atoms with Gasteiger partial charge in [-0.3, -0.25) is 4.79 Å². The van der Waals surface area contributed by atoms with E-state index in [0.29, 0.717) is 0 Å². The van der Waals surface area contributed by atoms with Gasteiger partial charge in [0.25, 0.3) is 5.24 Å². The third-order valence-corrected chi connectivity index (χ3v) is 6.12. The predicted octanol–water partition coefficient (Wildman–Crippen LogP) is 9.18. The molecule has 0 aliphatic heterocycles. The lowest BCUT2D eigenvalue weighted by molar-refractivity contribution is 0.220. The van der Waals surface area contributed by atoms with Gasteiger partial charge in [0.15, 0.2) is 0 Å². The number of hydrogen-bond donors (Lipinski definition) is 1. The average molecular weight is 414 g/mol. The highest BCUT2D eigenvalue weighted by molar-refractivity contribution is 7.96. The Hall–Kier alpha value is -0.180. The van der Waals surface area contributed by atoms with Gasteiger partial charge in [-0.1, -0.05) is 142 Å². The first-order valence-corrected chi connectivity index (χ1v) is 13.1. The summed E-state index contributed by atoms with van der Waals surface area (Å²) in [5.41, 5.74) is 0. The average Bonchev–Trinajstić information content (AvgIpc) is 2.68. The van der Waals surface area contributed by atoms with Crippen molar-refractivity contribution in [2.24, 2.45) is 0 Å². The van der Waals surface area contributed by atoms with Crippen LogP contribution < -0.4 is 0 Å². The molecule has 1 amide bonds. The summed E-state index contributed by atoms with van der Waals surface area (Å²) in [5.74, 6) is 0. The minimum absolute atomic E-state index is 0.0353. The fourth-order valence-corrected chi connectivity index (χ4v) is 4.08. The van der Waals surface area contributed by atoms with E-state index in [1.165, 1.54) is 116 Å². The lowest BCUT2D eigenvalue weighted by Crippen LogP contribution is -2.28. The maximum absolute atomic E-state index is 11.7. The van der Waals surface area contributed by atoms with Gasteiger partial charge in [-0.05, 0) is 12.8 Å². The molecule has 0 N–H and O–H groups in total. The van der Waals surface area contributed by atoms with Gasteiger partial charge < -0.3 is 4.90 Å². The van der Waals surface area contributed by atoms with E-state index in [4.69, 9.17) is 0 Å². The molecule has 0 aliphatic carbocycles. The number of thiol groups is 1. The molecule has 0 bridgehead atoms. The molecule has 0 atom stereocenters. The van der Waals surface area contributed by atoms with E-state index in [1.54, 1.807) is 0 Å². The lowest BCUT2D eigenvalue weighted by Gasteiger charge is -2.20. The van der Waals surface area contributed by atoms with Gasteiger partial charge in [0.2, 0.25) is 0 Å². The van der Waals surface area contributed by atoms with Crippen molar-refractivity contribution in [2.75, 3.05) is 13.1 Å². The number of carbonyl (C=O) groups is 1. The first-order valence-electron chi connectivity index (χ1n) is 12.7. The van der Waals surface area contributed by atoms with E-state index in [-0.39, 0.29) is 5.24 Å². The topological polar surface area (TPSA) is 20.3 Å². The first kappa shape index (κ1) is 27.8. The summed E-state index contributed by atoms with van der Waals surface area (Å²) in [5, 5.41) is -0.0353. The van der Waals surface area contributed by atoms with Crippen LogP contribution in [0.1, 0.15) is 142 Å². The van der Waals surface area contributed by atoms with Crippen molar-refractivity contribution in [1.82, 2.24) is 4.90 Å². The minimum atomic E-state index is -0.0353. The Labute approximate surface area is 183 Å². The van der Waals surface area contributed by atoms with Gasteiger partial charge in [-0.25, -0.2) is 0 Å². The van der Waals surface area contributed by atoms with E-state index >= 15 is 0 Å².